The van der Waals surface area contributed by atoms with E-state index in [1.807, 2.05) is 13.0 Å². The molecule has 1 aliphatic rings. The summed E-state index contributed by atoms with van der Waals surface area (Å²) in [6, 6.07) is 16.3. The van der Waals surface area contributed by atoms with Gasteiger partial charge in [0.1, 0.15) is 5.82 Å². The van der Waals surface area contributed by atoms with Gasteiger partial charge in [0, 0.05) is 38.4 Å². The molecule has 4 nitrogen and oxygen atoms in total. The van der Waals surface area contributed by atoms with Gasteiger partial charge in [-0.05, 0) is 37.1 Å². The lowest BCUT2D eigenvalue weighted by atomic mass is 10.1. The SMILES string of the molecule is CC(C(=O)Nc1cccc(F)c1)N1CCN(CCc2ccccc2)CC1. The average Bonchev–Trinajstić information content (AvgIpc) is 2.67. The molecule has 5 heteroatoms. The summed E-state index contributed by atoms with van der Waals surface area (Å²) in [6.45, 7) is 6.61. The highest BCUT2D eigenvalue weighted by Crippen LogP contribution is 2.13. The summed E-state index contributed by atoms with van der Waals surface area (Å²) in [6.07, 6.45) is 1.05. The summed E-state index contributed by atoms with van der Waals surface area (Å²) in [5.74, 6) is -0.434. The second-order valence-electron chi connectivity index (χ2n) is 6.79. The van der Waals surface area contributed by atoms with Crippen molar-refractivity contribution in [3.8, 4) is 0 Å². The first-order chi connectivity index (χ1) is 12.6. The van der Waals surface area contributed by atoms with Crippen LogP contribution in [0, 0.1) is 5.82 Å². The van der Waals surface area contributed by atoms with Crippen molar-refractivity contribution in [1.82, 2.24) is 9.80 Å². The number of carbonyl (C=O) groups excluding carboxylic acids is 1. The zero-order valence-corrected chi connectivity index (χ0v) is 15.2. The predicted molar refractivity (Wildman–Crippen MR) is 103 cm³/mol. The van der Waals surface area contributed by atoms with Crippen LogP contribution in [0.3, 0.4) is 0 Å². The zero-order chi connectivity index (χ0) is 18.4. The molecule has 0 aliphatic carbocycles. The summed E-state index contributed by atoms with van der Waals surface area (Å²) in [7, 11) is 0. The molecule has 1 aliphatic heterocycles. The van der Waals surface area contributed by atoms with Crippen molar-refractivity contribution in [3.63, 3.8) is 0 Å². The number of nitrogens with one attached hydrogen (secondary N) is 1. The van der Waals surface area contributed by atoms with E-state index in [-0.39, 0.29) is 17.8 Å². The standard InChI is InChI=1S/C21H26FN3O/c1-17(21(26)23-20-9-5-8-19(22)16-20)25-14-12-24(13-15-25)11-10-18-6-3-2-4-7-18/h2-9,16-17H,10-15H2,1H3,(H,23,26). The summed E-state index contributed by atoms with van der Waals surface area (Å²) >= 11 is 0. The minimum absolute atomic E-state index is 0.0895. The Labute approximate surface area is 154 Å². The number of amides is 1. The van der Waals surface area contributed by atoms with Gasteiger partial charge in [0.15, 0.2) is 0 Å². The van der Waals surface area contributed by atoms with Gasteiger partial charge in [-0.15, -0.1) is 0 Å². The van der Waals surface area contributed by atoms with Crippen LogP contribution in [0.5, 0.6) is 0 Å². The van der Waals surface area contributed by atoms with E-state index in [1.54, 1.807) is 12.1 Å². The van der Waals surface area contributed by atoms with Crippen LogP contribution in [0.2, 0.25) is 0 Å². The number of hydrogen-bond donors (Lipinski definition) is 1. The van der Waals surface area contributed by atoms with Crippen molar-refractivity contribution in [2.24, 2.45) is 0 Å². The molecule has 0 aromatic heterocycles. The van der Waals surface area contributed by atoms with Crippen molar-refractivity contribution >= 4 is 11.6 Å². The highest BCUT2D eigenvalue weighted by molar-refractivity contribution is 5.94. The molecule has 1 unspecified atom stereocenters. The Hall–Kier alpha value is -2.24. The van der Waals surface area contributed by atoms with E-state index in [0.717, 1.165) is 39.1 Å². The van der Waals surface area contributed by atoms with Crippen molar-refractivity contribution in [3.05, 3.63) is 66.0 Å². The second-order valence-corrected chi connectivity index (χ2v) is 6.79. The summed E-state index contributed by atoms with van der Waals surface area (Å²) in [5, 5.41) is 2.80. The van der Waals surface area contributed by atoms with Gasteiger partial charge in [-0.1, -0.05) is 36.4 Å². The Morgan fingerprint density at radius 3 is 2.50 bits per heavy atom. The maximum Gasteiger partial charge on any atom is 0.241 e. The lowest BCUT2D eigenvalue weighted by molar-refractivity contribution is -0.121. The number of halogens is 1. The van der Waals surface area contributed by atoms with Crippen LogP contribution in [0.25, 0.3) is 0 Å². The molecule has 26 heavy (non-hydrogen) atoms. The van der Waals surface area contributed by atoms with Crippen molar-refractivity contribution in [1.29, 1.82) is 0 Å². The van der Waals surface area contributed by atoms with Crippen LogP contribution in [0.1, 0.15) is 12.5 Å². The molecule has 1 fully saturated rings. The summed E-state index contributed by atoms with van der Waals surface area (Å²) < 4.78 is 13.2. The van der Waals surface area contributed by atoms with E-state index in [4.69, 9.17) is 0 Å². The molecule has 2 aromatic carbocycles. The molecule has 1 atom stereocenters. The van der Waals surface area contributed by atoms with Crippen LogP contribution in [0.4, 0.5) is 10.1 Å². The molecular formula is C21H26FN3O. The van der Waals surface area contributed by atoms with Crippen LogP contribution in [-0.4, -0.2) is 54.5 Å². The number of carbonyl (C=O) groups is 1. The number of rotatable bonds is 6. The summed E-state index contributed by atoms with van der Waals surface area (Å²) in [4.78, 5) is 17.1. The largest absolute Gasteiger partial charge is 0.325 e. The first-order valence-electron chi connectivity index (χ1n) is 9.18. The fourth-order valence-corrected chi connectivity index (χ4v) is 3.28. The predicted octanol–water partition coefficient (Wildman–Crippen LogP) is 3.01. The molecule has 0 saturated carbocycles. The number of anilines is 1. The van der Waals surface area contributed by atoms with Crippen molar-refractivity contribution in [2.75, 3.05) is 38.0 Å². The van der Waals surface area contributed by atoms with E-state index in [2.05, 4.69) is 39.4 Å². The van der Waals surface area contributed by atoms with E-state index < -0.39 is 0 Å². The molecule has 2 aromatic rings. The number of benzene rings is 2. The normalized spacial score (nSPS) is 17.0. The Morgan fingerprint density at radius 2 is 1.81 bits per heavy atom. The van der Waals surface area contributed by atoms with Gasteiger partial charge in [0.25, 0.3) is 0 Å². The molecule has 1 saturated heterocycles. The molecule has 1 amide bonds. The third-order valence-corrected chi connectivity index (χ3v) is 4.99. The van der Waals surface area contributed by atoms with Gasteiger partial charge in [0.2, 0.25) is 5.91 Å². The van der Waals surface area contributed by atoms with Crippen LogP contribution in [0.15, 0.2) is 54.6 Å². The highest BCUT2D eigenvalue weighted by atomic mass is 19.1. The summed E-state index contributed by atoms with van der Waals surface area (Å²) in [5.41, 5.74) is 1.86. The topological polar surface area (TPSA) is 35.6 Å². The van der Waals surface area contributed by atoms with Crippen molar-refractivity contribution in [2.45, 2.75) is 19.4 Å². The monoisotopic (exact) mass is 355 g/mol. The quantitative estimate of drug-likeness (QED) is 0.865. The fourth-order valence-electron chi connectivity index (χ4n) is 3.28. The first kappa shape index (κ1) is 18.5. The Balaban J connectivity index is 1.44. The molecule has 0 radical (unpaired) electrons. The molecule has 0 bridgehead atoms. The third-order valence-electron chi connectivity index (χ3n) is 4.99. The molecule has 1 N–H and O–H groups in total. The van der Waals surface area contributed by atoms with Crippen LogP contribution >= 0.6 is 0 Å². The van der Waals surface area contributed by atoms with E-state index in [9.17, 15) is 9.18 Å². The van der Waals surface area contributed by atoms with Crippen LogP contribution in [-0.2, 0) is 11.2 Å². The van der Waals surface area contributed by atoms with E-state index in [1.165, 1.54) is 17.7 Å². The molecule has 1 heterocycles. The zero-order valence-electron chi connectivity index (χ0n) is 15.2. The number of piperazine rings is 1. The lowest BCUT2D eigenvalue weighted by Gasteiger charge is -2.37. The highest BCUT2D eigenvalue weighted by Gasteiger charge is 2.25. The molecule has 0 spiro atoms. The van der Waals surface area contributed by atoms with Gasteiger partial charge in [-0.2, -0.15) is 0 Å². The third kappa shape index (κ3) is 5.13. The van der Waals surface area contributed by atoms with Gasteiger partial charge in [0.05, 0.1) is 6.04 Å². The Morgan fingerprint density at radius 1 is 1.08 bits per heavy atom. The molecule has 138 valence electrons. The maximum absolute atomic E-state index is 13.2. The Bertz CT molecular complexity index is 714. The van der Waals surface area contributed by atoms with Gasteiger partial charge < -0.3 is 10.2 Å². The van der Waals surface area contributed by atoms with E-state index >= 15 is 0 Å². The lowest BCUT2D eigenvalue weighted by Crippen LogP contribution is -2.53. The number of nitrogens with zero attached hydrogens (tertiary/aromatic N) is 2. The smallest absolute Gasteiger partial charge is 0.241 e. The van der Waals surface area contributed by atoms with Gasteiger partial charge in [-0.3, -0.25) is 9.69 Å². The number of hydrogen-bond acceptors (Lipinski definition) is 3. The van der Waals surface area contributed by atoms with Crippen LogP contribution < -0.4 is 5.32 Å². The maximum atomic E-state index is 13.2. The second kappa shape index (κ2) is 8.92. The first-order valence-corrected chi connectivity index (χ1v) is 9.18. The minimum atomic E-state index is -0.345. The van der Waals surface area contributed by atoms with Gasteiger partial charge in [-0.25, -0.2) is 4.39 Å². The Kier molecular flexibility index (Phi) is 6.36. The average molecular weight is 355 g/mol. The van der Waals surface area contributed by atoms with E-state index in [0.29, 0.717) is 5.69 Å². The van der Waals surface area contributed by atoms with Crippen molar-refractivity contribution < 1.29 is 9.18 Å². The minimum Gasteiger partial charge on any atom is -0.325 e. The van der Waals surface area contributed by atoms with Gasteiger partial charge >= 0.3 is 0 Å². The molecular weight excluding hydrogens is 329 g/mol. The fraction of sp³-hybridized carbons (Fsp3) is 0.381. The molecule has 3 rings (SSSR count).